The Morgan fingerprint density at radius 1 is 1.18 bits per heavy atom. The Bertz CT molecular complexity index is 363. The molecule has 17 heavy (non-hydrogen) atoms. The Morgan fingerprint density at radius 3 is 2.24 bits per heavy atom. The molecule has 0 aromatic rings. The highest BCUT2D eigenvalue weighted by Gasteiger charge is 2.26. The molecule has 5 heteroatoms. The number of carboxylic acids is 1. The smallest absolute Gasteiger partial charge is 0.331 e. The number of amides is 1. The van der Waals surface area contributed by atoms with Gasteiger partial charge in [-0.05, 0) is 27.8 Å². The number of carboxylic acid groups (broad SMARTS) is 1. The summed E-state index contributed by atoms with van der Waals surface area (Å²) in [6, 6.07) is 0.311. The minimum Gasteiger partial charge on any atom is -0.478 e. The molecule has 5 nitrogen and oxygen atoms in total. The van der Waals surface area contributed by atoms with Gasteiger partial charge in [0.05, 0.1) is 0 Å². The fourth-order valence-electron chi connectivity index (χ4n) is 1.79. The third-order valence-corrected chi connectivity index (χ3v) is 3.45. The number of hydrogen-bond acceptors (Lipinski definition) is 3. The van der Waals surface area contributed by atoms with Crippen LogP contribution in [0.15, 0.2) is 11.1 Å². The number of aliphatic carboxylic acids is 1. The second kappa shape index (κ2) is 5.31. The fraction of sp³-hybridized carbons (Fsp3) is 0.667. The van der Waals surface area contributed by atoms with E-state index in [0.29, 0.717) is 24.7 Å². The van der Waals surface area contributed by atoms with Crippen molar-refractivity contribution in [3.05, 3.63) is 11.1 Å². The highest BCUT2D eigenvalue weighted by Crippen LogP contribution is 2.13. The van der Waals surface area contributed by atoms with E-state index in [1.54, 1.807) is 11.8 Å². The third kappa shape index (κ3) is 3.06. The predicted octanol–water partition coefficient (Wildman–Crippen LogP) is 0.570. The first kappa shape index (κ1) is 13.7. The van der Waals surface area contributed by atoms with Crippen molar-refractivity contribution >= 4 is 11.9 Å². The molecule has 1 heterocycles. The van der Waals surface area contributed by atoms with E-state index in [-0.39, 0.29) is 11.5 Å². The minimum atomic E-state index is -1.03. The van der Waals surface area contributed by atoms with Crippen LogP contribution >= 0.6 is 0 Å². The summed E-state index contributed by atoms with van der Waals surface area (Å²) in [6.07, 6.45) is 0. The standard InChI is InChI=1S/C12H20N2O3/c1-8-7-14(6-5-13(8)4)11(15)9(2)10(3)12(16)17/h8H,5-7H2,1-4H3,(H,16,17). The van der Waals surface area contributed by atoms with Crippen LogP contribution in [0.1, 0.15) is 20.8 Å². The summed E-state index contributed by atoms with van der Waals surface area (Å²) in [5.41, 5.74) is 0.454. The fourth-order valence-corrected chi connectivity index (χ4v) is 1.79. The topological polar surface area (TPSA) is 60.9 Å². The Hall–Kier alpha value is -1.36. The van der Waals surface area contributed by atoms with Crippen molar-refractivity contribution in [2.75, 3.05) is 26.7 Å². The van der Waals surface area contributed by atoms with Gasteiger partial charge in [0.25, 0.3) is 0 Å². The van der Waals surface area contributed by atoms with Gasteiger partial charge < -0.3 is 14.9 Å². The second-order valence-electron chi connectivity index (χ2n) is 4.64. The van der Waals surface area contributed by atoms with Crippen molar-refractivity contribution in [2.45, 2.75) is 26.8 Å². The van der Waals surface area contributed by atoms with Crippen LogP contribution in [0.25, 0.3) is 0 Å². The molecule has 1 unspecified atom stereocenters. The number of piperazine rings is 1. The van der Waals surface area contributed by atoms with Gasteiger partial charge in [0.2, 0.25) is 5.91 Å². The van der Waals surface area contributed by atoms with E-state index in [0.717, 1.165) is 6.54 Å². The van der Waals surface area contributed by atoms with Crippen molar-refractivity contribution < 1.29 is 14.7 Å². The maximum Gasteiger partial charge on any atom is 0.331 e. The Kier molecular flexibility index (Phi) is 4.28. The minimum absolute atomic E-state index is 0.126. The van der Waals surface area contributed by atoms with Crippen molar-refractivity contribution in [1.29, 1.82) is 0 Å². The van der Waals surface area contributed by atoms with E-state index in [1.807, 2.05) is 7.05 Å². The SMILES string of the molecule is CC(C(=O)O)=C(C)C(=O)N1CCN(C)C(C)C1. The quantitative estimate of drug-likeness (QED) is 0.717. The number of nitrogens with zero attached hydrogens (tertiary/aromatic N) is 2. The van der Waals surface area contributed by atoms with E-state index in [9.17, 15) is 9.59 Å². The molecule has 0 aromatic heterocycles. The summed E-state index contributed by atoms with van der Waals surface area (Å²) < 4.78 is 0. The molecule has 0 bridgehead atoms. The van der Waals surface area contributed by atoms with Crippen LogP contribution in [0.4, 0.5) is 0 Å². The summed E-state index contributed by atoms with van der Waals surface area (Å²) in [5.74, 6) is -1.19. The Labute approximate surface area is 102 Å². The molecule has 0 aromatic carbocycles. The van der Waals surface area contributed by atoms with Gasteiger partial charge in [-0.15, -0.1) is 0 Å². The van der Waals surface area contributed by atoms with Crippen LogP contribution in [0.5, 0.6) is 0 Å². The van der Waals surface area contributed by atoms with Gasteiger partial charge in [-0.1, -0.05) is 0 Å². The Morgan fingerprint density at radius 2 is 1.76 bits per heavy atom. The molecule has 1 rings (SSSR count). The number of hydrogen-bond donors (Lipinski definition) is 1. The van der Waals surface area contributed by atoms with E-state index in [2.05, 4.69) is 11.8 Å². The Balaban J connectivity index is 2.78. The second-order valence-corrected chi connectivity index (χ2v) is 4.64. The first-order valence-corrected chi connectivity index (χ1v) is 5.75. The lowest BCUT2D eigenvalue weighted by Crippen LogP contribution is -2.52. The van der Waals surface area contributed by atoms with Gasteiger partial charge in [-0.25, -0.2) is 4.79 Å². The van der Waals surface area contributed by atoms with Gasteiger partial charge >= 0.3 is 5.97 Å². The van der Waals surface area contributed by atoms with Gasteiger partial charge in [0.15, 0.2) is 0 Å². The van der Waals surface area contributed by atoms with Crippen LogP contribution in [0, 0.1) is 0 Å². The zero-order valence-corrected chi connectivity index (χ0v) is 10.9. The van der Waals surface area contributed by atoms with Crippen molar-refractivity contribution in [2.24, 2.45) is 0 Å². The summed E-state index contributed by atoms with van der Waals surface area (Å²) >= 11 is 0. The molecule has 0 aliphatic carbocycles. The normalized spacial score (nSPS) is 23.3. The number of carbonyl (C=O) groups excluding carboxylic acids is 1. The van der Waals surface area contributed by atoms with Gasteiger partial charge in [-0.2, -0.15) is 0 Å². The van der Waals surface area contributed by atoms with Crippen molar-refractivity contribution in [3.8, 4) is 0 Å². The maximum atomic E-state index is 12.1. The number of carbonyl (C=O) groups is 2. The van der Waals surface area contributed by atoms with Gasteiger partial charge in [0, 0.05) is 36.8 Å². The third-order valence-electron chi connectivity index (χ3n) is 3.45. The van der Waals surface area contributed by atoms with Crippen molar-refractivity contribution in [3.63, 3.8) is 0 Å². The van der Waals surface area contributed by atoms with Crippen LogP contribution in [0.2, 0.25) is 0 Å². The lowest BCUT2D eigenvalue weighted by Gasteiger charge is -2.37. The zero-order valence-electron chi connectivity index (χ0n) is 10.9. The summed E-state index contributed by atoms with van der Waals surface area (Å²) in [6.45, 7) is 7.24. The molecule has 0 saturated carbocycles. The van der Waals surface area contributed by atoms with E-state index < -0.39 is 5.97 Å². The van der Waals surface area contributed by atoms with E-state index in [4.69, 9.17) is 5.11 Å². The summed E-state index contributed by atoms with van der Waals surface area (Å²) in [4.78, 5) is 26.8. The van der Waals surface area contributed by atoms with Crippen LogP contribution < -0.4 is 0 Å². The van der Waals surface area contributed by atoms with Crippen LogP contribution in [0.3, 0.4) is 0 Å². The van der Waals surface area contributed by atoms with Gasteiger partial charge in [0.1, 0.15) is 0 Å². The maximum absolute atomic E-state index is 12.1. The van der Waals surface area contributed by atoms with Crippen LogP contribution in [-0.2, 0) is 9.59 Å². The highest BCUT2D eigenvalue weighted by atomic mass is 16.4. The van der Waals surface area contributed by atoms with E-state index in [1.165, 1.54) is 6.92 Å². The average molecular weight is 240 g/mol. The predicted molar refractivity (Wildman–Crippen MR) is 64.7 cm³/mol. The first-order valence-electron chi connectivity index (χ1n) is 5.75. The molecule has 1 amide bonds. The molecule has 1 aliphatic rings. The molecule has 1 fully saturated rings. The van der Waals surface area contributed by atoms with Crippen molar-refractivity contribution in [1.82, 2.24) is 9.80 Å². The zero-order chi connectivity index (χ0) is 13.2. The lowest BCUT2D eigenvalue weighted by atomic mass is 10.1. The molecule has 1 saturated heterocycles. The molecule has 1 aliphatic heterocycles. The highest BCUT2D eigenvalue weighted by molar-refractivity contribution is 6.01. The molecule has 96 valence electrons. The first-order chi connectivity index (χ1) is 7.84. The molecule has 0 radical (unpaired) electrons. The summed E-state index contributed by atoms with van der Waals surface area (Å²) in [5, 5.41) is 8.86. The molecule has 1 atom stereocenters. The lowest BCUT2D eigenvalue weighted by molar-refractivity contribution is -0.134. The molecule has 1 N–H and O–H groups in total. The van der Waals surface area contributed by atoms with Gasteiger partial charge in [-0.3, -0.25) is 4.79 Å². The average Bonchev–Trinajstić information content (AvgIpc) is 2.29. The van der Waals surface area contributed by atoms with E-state index >= 15 is 0 Å². The number of likely N-dealkylation sites (N-methyl/N-ethyl adjacent to an activating group) is 1. The molecule has 0 spiro atoms. The summed E-state index contributed by atoms with van der Waals surface area (Å²) in [7, 11) is 2.03. The monoisotopic (exact) mass is 240 g/mol. The largest absolute Gasteiger partial charge is 0.478 e. The van der Waals surface area contributed by atoms with Crippen LogP contribution in [-0.4, -0.2) is 59.5 Å². The molecular formula is C12H20N2O3. The molecular weight excluding hydrogens is 220 g/mol. The number of rotatable bonds is 2.